The minimum Gasteiger partial charge on any atom is -0.449 e. The number of hydrogen-bond acceptors (Lipinski definition) is 4. The Morgan fingerprint density at radius 3 is 2.88 bits per heavy atom. The van der Waals surface area contributed by atoms with Gasteiger partial charge in [0.25, 0.3) is 0 Å². The van der Waals surface area contributed by atoms with Crippen LogP contribution in [0.5, 0.6) is 0 Å². The van der Waals surface area contributed by atoms with Crippen molar-refractivity contribution in [2.24, 2.45) is 0 Å². The number of rotatable bonds is 6. The van der Waals surface area contributed by atoms with Gasteiger partial charge in [-0.15, -0.1) is 0 Å². The molecule has 130 valence electrons. The third-order valence-electron chi connectivity index (χ3n) is 4.67. The van der Waals surface area contributed by atoms with Crippen LogP contribution < -0.4 is 5.32 Å². The number of likely N-dealkylation sites (tertiary alicyclic amines) is 1. The van der Waals surface area contributed by atoms with E-state index in [1.54, 1.807) is 4.90 Å². The van der Waals surface area contributed by atoms with E-state index in [0.29, 0.717) is 38.7 Å². The Bertz CT molecular complexity index is 564. The number of cyclic esters (lactones) is 1. The molecular formula is C18H25N3O3. The van der Waals surface area contributed by atoms with Crippen molar-refractivity contribution in [1.29, 1.82) is 0 Å². The maximum absolute atomic E-state index is 12.1. The first kappa shape index (κ1) is 16.8. The van der Waals surface area contributed by atoms with Crippen LogP contribution in [0.1, 0.15) is 24.3 Å². The summed E-state index contributed by atoms with van der Waals surface area (Å²) in [5.74, 6) is 0.538. The highest BCUT2D eigenvalue weighted by Gasteiger charge is 2.25. The van der Waals surface area contributed by atoms with Gasteiger partial charge in [0.15, 0.2) is 0 Å². The number of amides is 2. The SMILES string of the molecule is O=C(CN1CC[C@H](c2ccccc2)C1)NCCN1CCCOC1=O. The Morgan fingerprint density at radius 2 is 2.08 bits per heavy atom. The van der Waals surface area contributed by atoms with Crippen molar-refractivity contribution in [3.63, 3.8) is 0 Å². The van der Waals surface area contributed by atoms with Crippen molar-refractivity contribution in [2.45, 2.75) is 18.8 Å². The Labute approximate surface area is 142 Å². The van der Waals surface area contributed by atoms with Gasteiger partial charge in [-0.1, -0.05) is 30.3 Å². The summed E-state index contributed by atoms with van der Waals surface area (Å²) in [5, 5.41) is 2.90. The van der Waals surface area contributed by atoms with Crippen LogP contribution in [-0.4, -0.2) is 67.7 Å². The zero-order valence-electron chi connectivity index (χ0n) is 13.9. The highest BCUT2D eigenvalue weighted by Crippen LogP contribution is 2.26. The highest BCUT2D eigenvalue weighted by molar-refractivity contribution is 5.78. The largest absolute Gasteiger partial charge is 0.449 e. The maximum atomic E-state index is 12.1. The lowest BCUT2D eigenvalue weighted by atomic mass is 9.99. The van der Waals surface area contributed by atoms with Crippen molar-refractivity contribution >= 4 is 12.0 Å². The molecule has 2 heterocycles. The standard InChI is InChI=1S/C18H25N3O3/c22-17(19-8-11-21-9-4-12-24-18(21)23)14-20-10-7-16(13-20)15-5-2-1-3-6-15/h1-3,5-6,16H,4,7-14H2,(H,19,22)/t16-/m0/s1. The number of carbonyl (C=O) groups is 2. The molecule has 2 aliphatic rings. The zero-order valence-corrected chi connectivity index (χ0v) is 13.9. The molecule has 24 heavy (non-hydrogen) atoms. The van der Waals surface area contributed by atoms with E-state index in [1.165, 1.54) is 5.56 Å². The van der Waals surface area contributed by atoms with E-state index >= 15 is 0 Å². The van der Waals surface area contributed by atoms with Gasteiger partial charge >= 0.3 is 6.09 Å². The Kier molecular flexibility index (Phi) is 5.69. The Hall–Kier alpha value is -2.08. The first-order chi connectivity index (χ1) is 11.7. The molecular weight excluding hydrogens is 306 g/mol. The van der Waals surface area contributed by atoms with Gasteiger partial charge in [-0.3, -0.25) is 9.69 Å². The van der Waals surface area contributed by atoms with Crippen LogP contribution in [0.3, 0.4) is 0 Å². The number of ether oxygens (including phenoxy) is 1. The number of benzene rings is 1. The minimum absolute atomic E-state index is 0.0223. The van der Waals surface area contributed by atoms with Crippen LogP contribution in [0, 0.1) is 0 Å². The lowest BCUT2D eigenvalue weighted by Gasteiger charge is -2.26. The molecule has 6 nitrogen and oxygen atoms in total. The summed E-state index contributed by atoms with van der Waals surface area (Å²) in [6, 6.07) is 10.5. The molecule has 0 aliphatic carbocycles. The predicted octanol–water partition coefficient (Wildman–Crippen LogP) is 1.43. The molecule has 2 aliphatic heterocycles. The molecule has 1 N–H and O–H groups in total. The summed E-state index contributed by atoms with van der Waals surface area (Å²) >= 11 is 0. The van der Waals surface area contributed by atoms with Gasteiger partial charge in [-0.25, -0.2) is 4.79 Å². The topological polar surface area (TPSA) is 61.9 Å². The van der Waals surface area contributed by atoms with Gasteiger partial charge in [0.05, 0.1) is 13.2 Å². The highest BCUT2D eigenvalue weighted by atomic mass is 16.6. The van der Waals surface area contributed by atoms with Crippen LogP contribution in [0.15, 0.2) is 30.3 Å². The molecule has 0 aromatic heterocycles. The van der Waals surface area contributed by atoms with E-state index in [-0.39, 0.29) is 12.0 Å². The molecule has 1 aromatic rings. The fraction of sp³-hybridized carbons (Fsp3) is 0.556. The van der Waals surface area contributed by atoms with Crippen LogP contribution in [0.25, 0.3) is 0 Å². The van der Waals surface area contributed by atoms with Crippen LogP contribution >= 0.6 is 0 Å². The number of nitrogens with one attached hydrogen (secondary N) is 1. The van der Waals surface area contributed by atoms with Crippen molar-refractivity contribution < 1.29 is 14.3 Å². The number of hydrogen-bond donors (Lipinski definition) is 1. The summed E-state index contributed by atoms with van der Waals surface area (Å²) in [5.41, 5.74) is 1.35. The third kappa shape index (κ3) is 4.47. The smallest absolute Gasteiger partial charge is 0.409 e. The van der Waals surface area contributed by atoms with Crippen molar-refractivity contribution in [3.05, 3.63) is 35.9 Å². The van der Waals surface area contributed by atoms with Crippen LogP contribution in [0.4, 0.5) is 4.79 Å². The predicted molar refractivity (Wildman–Crippen MR) is 90.8 cm³/mol. The fourth-order valence-corrected chi connectivity index (χ4v) is 3.36. The van der Waals surface area contributed by atoms with Gasteiger partial charge in [0, 0.05) is 26.2 Å². The molecule has 2 fully saturated rings. The lowest BCUT2D eigenvalue weighted by Crippen LogP contribution is -2.44. The molecule has 2 saturated heterocycles. The van der Waals surface area contributed by atoms with Gasteiger partial charge < -0.3 is 15.0 Å². The second-order valence-corrected chi connectivity index (χ2v) is 6.44. The monoisotopic (exact) mass is 331 g/mol. The van der Waals surface area contributed by atoms with Gasteiger partial charge in [0.1, 0.15) is 0 Å². The van der Waals surface area contributed by atoms with Crippen molar-refractivity contribution in [3.8, 4) is 0 Å². The first-order valence-corrected chi connectivity index (χ1v) is 8.68. The van der Waals surface area contributed by atoms with Gasteiger partial charge in [-0.05, 0) is 30.9 Å². The third-order valence-corrected chi connectivity index (χ3v) is 4.67. The Morgan fingerprint density at radius 1 is 1.25 bits per heavy atom. The van der Waals surface area contributed by atoms with E-state index < -0.39 is 0 Å². The normalized spacial score (nSPS) is 21.6. The lowest BCUT2D eigenvalue weighted by molar-refractivity contribution is -0.122. The zero-order chi connectivity index (χ0) is 16.8. The summed E-state index contributed by atoms with van der Waals surface area (Å²) in [6.07, 6.45) is 1.67. The fourth-order valence-electron chi connectivity index (χ4n) is 3.36. The second kappa shape index (κ2) is 8.15. The molecule has 0 saturated carbocycles. The molecule has 0 radical (unpaired) electrons. The van der Waals surface area contributed by atoms with E-state index in [4.69, 9.17) is 4.74 Å². The van der Waals surface area contributed by atoms with Crippen molar-refractivity contribution in [1.82, 2.24) is 15.1 Å². The van der Waals surface area contributed by atoms with E-state index in [9.17, 15) is 9.59 Å². The van der Waals surface area contributed by atoms with E-state index in [0.717, 1.165) is 25.9 Å². The molecule has 2 amide bonds. The van der Waals surface area contributed by atoms with Gasteiger partial charge in [0.2, 0.25) is 5.91 Å². The number of nitrogens with zero attached hydrogens (tertiary/aromatic N) is 2. The molecule has 1 aromatic carbocycles. The quantitative estimate of drug-likeness (QED) is 0.857. The first-order valence-electron chi connectivity index (χ1n) is 8.68. The average molecular weight is 331 g/mol. The van der Waals surface area contributed by atoms with Crippen molar-refractivity contribution in [2.75, 3.05) is 45.9 Å². The second-order valence-electron chi connectivity index (χ2n) is 6.44. The minimum atomic E-state index is -0.277. The molecule has 3 rings (SSSR count). The molecule has 1 atom stereocenters. The van der Waals surface area contributed by atoms with E-state index in [2.05, 4.69) is 34.5 Å². The van der Waals surface area contributed by atoms with Crippen LogP contribution in [-0.2, 0) is 9.53 Å². The summed E-state index contributed by atoms with van der Waals surface area (Å²) in [7, 11) is 0. The summed E-state index contributed by atoms with van der Waals surface area (Å²) in [4.78, 5) is 27.4. The average Bonchev–Trinajstić information content (AvgIpc) is 3.06. The van der Waals surface area contributed by atoms with E-state index in [1.807, 2.05) is 6.07 Å². The maximum Gasteiger partial charge on any atom is 0.409 e. The molecule has 0 unspecified atom stereocenters. The number of carbonyl (C=O) groups excluding carboxylic acids is 2. The summed E-state index contributed by atoms with van der Waals surface area (Å²) in [6.45, 7) is 4.50. The van der Waals surface area contributed by atoms with Gasteiger partial charge in [-0.2, -0.15) is 0 Å². The molecule has 0 spiro atoms. The molecule has 6 heteroatoms. The van der Waals surface area contributed by atoms with Crippen LogP contribution in [0.2, 0.25) is 0 Å². The molecule has 0 bridgehead atoms. The Balaban J connectivity index is 1.36. The summed E-state index contributed by atoms with van der Waals surface area (Å²) < 4.78 is 4.98.